The number of carbonyl (C=O) groups excluding carboxylic acids is 1. The molecule has 1 aliphatic rings. The highest BCUT2D eigenvalue weighted by Gasteiger charge is 2.29. The van der Waals surface area contributed by atoms with E-state index < -0.39 is 15.9 Å². The molecule has 8 nitrogen and oxygen atoms in total. The Morgan fingerprint density at radius 3 is 2.47 bits per heavy atom. The summed E-state index contributed by atoms with van der Waals surface area (Å²) in [6.45, 7) is 1.16. The number of sulfonamides is 1. The SMILES string of the molecule is COc1ccc(-n2ccc(CNC(=O)c3ccccc3S(=O)(=O)N3CCCCC3)n2)cc1. The molecule has 0 spiro atoms. The van der Waals surface area contributed by atoms with Gasteiger partial charge in [-0.1, -0.05) is 18.6 Å². The molecule has 1 saturated heterocycles. The van der Waals surface area contributed by atoms with Gasteiger partial charge in [-0.05, 0) is 55.3 Å². The van der Waals surface area contributed by atoms with Gasteiger partial charge in [-0.2, -0.15) is 9.40 Å². The number of hydrogen-bond acceptors (Lipinski definition) is 5. The van der Waals surface area contributed by atoms with Gasteiger partial charge < -0.3 is 10.1 Å². The van der Waals surface area contributed by atoms with Crippen LogP contribution in [0.5, 0.6) is 5.75 Å². The van der Waals surface area contributed by atoms with Crippen LogP contribution >= 0.6 is 0 Å². The van der Waals surface area contributed by atoms with Gasteiger partial charge in [-0.15, -0.1) is 0 Å². The van der Waals surface area contributed by atoms with E-state index in [4.69, 9.17) is 4.74 Å². The van der Waals surface area contributed by atoms with E-state index in [0.717, 1.165) is 30.7 Å². The van der Waals surface area contributed by atoms with Gasteiger partial charge >= 0.3 is 0 Å². The van der Waals surface area contributed by atoms with E-state index in [1.54, 1.807) is 42.3 Å². The number of benzene rings is 2. The molecule has 0 aliphatic carbocycles. The molecule has 32 heavy (non-hydrogen) atoms. The number of piperidine rings is 1. The van der Waals surface area contributed by atoms with Crippen LogP contribution in [0.4, 0.5) is 0 Å². The van der Waals surface area contributed by atoms with Crippen molar-refractivity contribution in [3.05, 3.63) is 72.1 Å². The smallest absolute Gasteiger partial charge is 0.252 e. The summed E-state index contributed by atoms with van der Waals surface area (Å²) in [6, 6.07) is 15.6. The predicted octanol–water partition coefficient (Wildman–Crippen LogP) is 2.99. The number of rotatable bonds is 7. The number of hydrogen-bond donors (Lipinski definition) is 1. The number of carbonyl (C=O) groups is 1. The van der Waals surface area contributed by atoms with Crippen LogP contribution in [-0.4, -0.2) is 48.6 Å². The third-order valence-corrected chi connectivity index (χ3v) is 7.43. The minimum atomic E-state index is -3.72. The second-order valence-electron chi connectivity index (χ2n) is 7.59. The molecule has 0 saturated carbocycles. The molecule has 9 heteroatoms. The summed E-state index contributed by atoms with van der Waals surface area (Å²) in [6.07, 6.45) is 4.50. The molecule has 4 rings (SSSR count). The first-order valence-electron chi connectivity index (χ1n) is 10.6. The zero-order valence-electron chi connectivity index (χ0n) is 17.9. The zero-order chi connectivity index (χ0) is 22.6. The van der Waals surface area contributed by atoms with Gasteiger partial charge in [-0.3, -0.25) is 4.79 Å². The molecule has 168 valence electrons. The van der Waals surface area contributed by atoms with Crippen molar-refractivity contribution in [3.63, 3.8) is 0 Å². The highest BCUT2D eigenvalue weighted by molar-refractivity contribution is 7.89. The number of nitrogens with zero attached hydrogens (tertiary/aromatic N) is 3. The summed E-state index contributed by atoms with van der Waals surface area (Å²) < 4.78 is 34.6. The first-order valence-corrected chi connectivity index (χ1v) is 12.0. The van der Waals surface area contributed by atoms with Crippen molar-refractivity contribution < 1.29 is 17.9 Å². The average Bonchev–Trinajstić information content (AvgIpc) is 3.32. The lowest BCUT2D eigenvalue weighted by Gasteiger charge is -2.26. The maximum Gasteiger partial charge on any atom is 0.252 e. The van der Waals surface area contributed by atoms with Crippen LogP contribution in [0.15, 0.2) is 65.7 Å². The van der Waals surface area contributed by atoms with Crippen molar-refractivity contribution in [1.82, 2.24) is 19.4 Å². The minimum absolute atomic E-state index is 0.0446. The Hall–Kier alpha value is -3.17. The van der Waals surface area contributed by atoms with E-state index >= 15 is 0 Å². The predicted molar refractivity (Wildman–Crippen MR) is 120 cm³/mol. The minimum Gasteiger partial charge on any atom is -0.497 e. The van der Waals surface area contributed by atoms with Crippen LogP contribution < -0.4 is 10.1 Å². The summed E-state index contributed by atoms with van der Waals surface area (Å²) >= 11 is 0. The van der Waals surface area contributed by atoms with Gasteiger partial charge in [0.2, 0.25) is 10.0 Å². The van der Waals surface area contributed by atoms with E-state index in [2.05, 4.69) is 10.4 Å². The summed E-state index contributed by atoms with van der Waals surface area (Å²) in [7, 11) is -2.11. The first-order chi connectivity index (χ1) is 15.5. The summed E-state index contributed by atoms with van der Waals surface area (Å²) in [5.41, 5.74) is 1.67. The van der Waals surface area contributed by atoms with E-state index in [9.17, 15) is 13.2 Å². The van der Waals surface area contributed by atoms with Gasteiger partial charge in [0, 0.05) is 19.3 Å². The van der Waals surface area contributed by atoms with Crippen LogP contribution in [0.2, 0.25) is 0 Å². The molecular weight excluding hydrogens is 428 g/mol. The van der Waals surface area contributed by atoms with E-state index in [0.29, 0.717) is 18.8 Å². The molecular formula is C23H26N4O4S. The molecule has 0 unspecified atom stereocenters. The molecule has 1 aliphatic heterocycles. The summed E-state index contributed by atoms with van der Waals surface area (Å²) in [5, 5.41) is 7.28. The highest BCUT2D eigenvalue weighted by atomic mass is 32.2. The molecule has 1 amide bonds. The summed E-state index contributed by atoms with van der Waals surface area (Å²) in [5.74, 6) is 0.312. The van der Waals surface area contributed by atoms with Gasteiger partial charge in [-0.25, -0.2) is 13.1 Å². The highest BCUT2D eigenvalue weighted by Crippen LogP contribution is 2.23. The lowest BCUT2D eigenvalue weighted by molar-refractivity contribution is 0.0947. The Bertz CT molecular complexity index is 1180. The standard InChI is InChI=1S/C23H26N4O4S/c1-31-20-11-9-19(10-12-20)27-16-13-18(25-27)17-24-23(28)21-7-3-4-8-22(21)32(29,30)26-14-5-2-6-15-26/h3-4,7-13,16H,2,5-6,14-15,17H2,1H3,(H,24,28). The third-order valence-electron chi connectivity index (χ3n) is 5.48. The van der Waals surface area contributed by atoms with Crippen LogP contribution in [0.25, 0.3) is 5.69 Å². The van der Waals surface area contributed by atoms with Crippen molar-refractivity contribution in [2.45, 2.75) is 30.7 Å². The van der Waals surface area contributed by atoms with E-state index in [1.807, 2.05) is 24.3 Å². The largest absolute Gasteiger partial charge is 0.497 e. The number of methoxy groups -OCH3 is 1. The van der Waals surface area contributed by atoms with Gasteiger partial charge in [0.05, 0.1) is 35.5 Å². The molecule has 3 aromatic rings. The van der Waals surface area contributed by atoms with Crippen LogP contribution in [0.3, 0.4) is 0 Å². The maximum absolute atomic E-state index is 13.1. The molecule has 1 fully saturated rings. The average molecular weight is 455 g/mol. The number of aromatic nitrogens is 2. The second kappa shape index (κ2) is 9.54. The Morgan fingerprint density at radius 2 is 1.75 bits per heavy atom. The zero-order valence-corrected chi connectivity index (χ0v) is 18.7. The Labute approximate surface area is 187 Å². The molecule has 0 radical (unpaired) electrons. The molecule has 0 bridgehead atoms. The van der Waals surface area contributed by atoms with E-state index in [-0.39, 0.29) is 17.0 Å². The normalized spacial score (nSPS) is 14.8. The molecule has 0 atom stereocenters. The summed E-state index contributed by atoms with van der Waals surface area (Å²) in [4.78, 5) is 12.9. The van der Waals surface area contributed by atoms with E-state index in [1.165, 1.54) is 10.4 Å². The van der Waals surface area contributed by atoms with Crippen molar-refractivity contribution in [3.8, 4) is 11.4 Å². The van der Waals surface area contributed by atoms with Crippen LogP contribution in [0.1, 0.15) is 35.3 Å². The lowest BCUT2D eigenvalue weighted by Crippen LogP contribution is -2.37. The van der Waals surface area contributed by atoms with Crippen molar-refractivity contribution in [1.29, 1.82) is 0 Å². The second-order valence-corrected chi connectivity index (χ2v) is 9.50. The molecule has 1 aromatic heterocycles. The first kappa shape index (κ1) is 22.0. The van der Waals surface area contributed by atoms with Crippen molar-refractivity contribution in [2.75, 3.05) is 20.2 Å². The lowest BCUT2D eigenvalue weighted by atomic mass is 10.2. The fraction of sp³-hybridized carbons (Fsp3) is 0.304. The number of ether oxygens (including phenoxy) is 1. The molecule has 2 aromatic carbocycles. The third kappa shape index (κ3) is 4.68. The molecule has 1 N–H and O–H groups in total. The monoisotopic (exact) mass is 454 g/mol. The maximum atomic E-state index is 13.1. The molecule has 2 heterocycles. The fourth-order valence-electron chi connectivity index (χ4n) is 3.72. The number of amides is 1. The van der Waals surface area contributed by atoms with Crippen LogP contribution in [-0.2, 0) is 16.6 Å². The Morgan fingerprint density at radius 1 is 1.03 bits per heavy atom. The van der Waals surface area contributed by atoms with Crippen LogP contribution in [0, 0.1) is 0 Å². The fourth-order valence-corrected chi connectivity index (χ4v) is 5.43. The van der Waals surface area contributed by atoms with Crippen molar-refractivity contribution in [2.24, 2.45) is 0 Å². The topological polar surface area (TPSA) is 93.5 Å². The van der Waals surface area contributed by atoms with Gasteiger partial charge in [0.25, 0.3) is 5.91 Å². The van der Waals surface area contributed by atoms with Crippen molar-refractivity contribution >= 4 is 15.9 Å². The number of nitrogens with one attached hydrogen (secondary N) is 1. The van der Waals surface area contributed by atoms with Gasteiger partial charge in [0.1, 0.15) is 5.75 Å². The van der Waals surface area contributed by atoms with Gasteiger partial charge in [0.15, 0.2) is 0 Å². The quantitative estimate of drug-likeness (QED) is 0.592. The Kier molecular flexibility index (Phi) is 6.57. The Balaban J connectivity index is 1.47.